The van der Waals surface area contributed by atoms with Gasteiger partial charge < -0.3 is 20.4 Å². The van der Waals surface area contributed by atoms with Gasteiger partial charge >= 0.3 is 0 Å². The third kappa shape index (κ3) is 10.4. The predicted octanol–water partition coefficient (Wildman–Crippen LogP) is 6.99. The molecule has 0 atom stereocenters. The largest absolute Gasteiger partial charge is 0.494 e. The fraction of sp³-hybridized carbons (Fsp3) is 0.343. The molecule has 2 aromatic carbocycles. The molecule has 12 nitrogen and oxygen atoms in total. The molecular formula is C35H42N8O4. The van der Waals surface area contributed by atoms with Gasteiger partial charge in [-0.3, -0.25) is 19.5 Å². The number of aromatic nitrogens is 5. The first kappa shape index (κ1) is 33.1. The number of carbonyl (C=O) groups excluding carboxylic acids is 2. The number of H-pyrrole nitrogens is 1. The van der Waals surface area contributed by atoms with Gasteiger partial charge in [0, 0.05) is 54.1 Å². The topological polar surface area (TPSA) is 159 Å². The zero-order chi connectivity index (χ0) is 32.7. The summed E-state index contributed by atoms with van der Waals surface area (Å²) in [5.74, 6) is 0.927. The van der Waals surface area contributed by atoms with Crippen LogP contribution < -0.4 is 20.9 Å². The van der Waals surface area contributed by atoms with Crippen LogP contribution in [0.3, 0.4) is 0 Å². The van der Waals surface area contributed by atoms with Gasteiger partial charge in [0.05, 0.1) is 18.5 Å². The molecule has 3 aromatic heterocycles. The van der Waals surface area contributed by atoms with Crippen molar-refractivity contribution in [2.45, 2.75) is 70.8 Å². The number of fused-ring (bicyclic) bond motifs is 1. The minimum Gasteiger partial charge on any atom is -0.494 e. The van der Waals surface area contributed by atoms with E-state index in [0.29, 0.717) is 24.5 Å². The Morgan fingerprint density at radius 2 is 1.53 bits per heavy atom. The van der Waals surface area contributed by atoms with Gasteiger partial charge in [0.2, 0.25) is 17.8 Å². The van der Waals surface area contributed by atoms with E-state index in [1.54, 1.807) is 5.48 Å². The summed E-state index contributed by atoms with van der Waals surface area (Å²) in [6.07, 6.45) is 13.8. The third-order valence-electron chi connectivity index (χ3n) is 7.72. The van der Waals surface area contributed by atoms with Crippen molar-refractivity contribution in [3.8, 4) is 17.0 Å². The molecule has 0 radical (unpaired) electrons. The molecule has 0 bridgehead atoms. The van der Waals surface area contributed by atoms with Crippen molar-refractivity contribution in [2.75, 3.05) is 17.2 Å². The molecule has 0 aliphatic heterocycles. The Morgan fingerprint density at radius 1 is 0.809 bits per heavy atom. The summed E-state index contributed by atoms with van der Waals surface area (Å²) >= 11 is 0. The second-order valence-corrected chi connectivity index (χ2v) is 11.4. The molecule has 5 rings (SSSR count). The maximum atomic E-state index is 12.3. The molecule has 5 aromatic rings. The number of benzene rings is 2. The fourth-order valence-electron chi connectivity index (χ4n) is 5.23. The Labute approximate surface area is 273 Å². The molecule has 0 saturated carbocycles. The summed E-state index contributed by atoms with van der Waals surface area (Å²) in [6, 6.07) is 19.3. The number of rotatable bonds is 19. The molecule has 47 heavy (non-hydrogen) atoms. The second-order valence-electron chi connectivity index (χ2n) is 11.4. The lowest BCUT2D eigenvalue weighted by Crippen LogP contribution is -2.17. The van der Waals surface area contributed by atoms with Gasteiger partial charge in [0.15, 0.2) is 0 Å². The smallest absolute Gasteiger partial charge is 0.243 e. The van der Waals surface area contributed by atoms with Crippen molar-refractivity contribution in [2.24, 2.45) is 0 Å². The van der Waals surface area contributed by atoms with Gasteiger partial charge in [-0.25, -0.2) is 10.5 Å². The summed E-state index contributed by atoms with van der Waals surface area (Å²) in [4.78, 5) is 36.1. The van der Waals surface area contributed by atoms with E-state index in [1.807, 2.05) is 83.9 Å². The first-order chi connectivity index (χ1) is 23.1. The number of hydroxylamine groups is 1. The highest BCUT2D eigenvalue weighted by atomic mass is 16.5. The maximum absolute atomic E-state index is 12.3. The van der Waals surface area contributed by atoms with Crippen molar-refractivity contribution in [3.63, 3.8) is 0 Å². The van der Waals surface area contributed by atoms with Crippen LogP contribution in [0.4, 0.5) is 17.3 Å². The van der Waals surface area contributed by atoms with E-state index in [2.05, 4.69) is 25.7 Å². The lowest BCUT2D eigenvalue weighted by Gasteiger charge is -2.09. The van der Waals surface area contributed by atoms with E-state index in [-0.39, 0.29) is 18.2 Å². The maximum Gasteiger partial charge on any atom is 0.243 e. The standard InChI is InChI=1S/C35H42N8O4/c44-31(14-8-1-2-9-15-32(45)42-46)38-27-16-18-28(19-17-27)39-35-40-33(30-20-21-36-34(30)41-35)26-24-37-43(25-26)22-10-3-4-11-23-47-29-12-6-5-7-13-29/h5-7,12-13,16-21,24-25,46H,1-4,8-11,14-15,22-23H2,(H,38,44)(H,42,45)(H2,36,39,40,41). The Hall–Kier alpha value is -5.23. The minimum atomic E-state index is -0.385. The minimum absolute atomic E-state index is 0.0574. The van der Waals surface area contributed by atoms with Crippen LogP contribution >= 0.6 is 0 Å². The number of para-hydroxylation sites is 1. The van der Waals surface area contributed by atoms with Crippen LogP contribution in [0.5, 0.6) is 5.75 Å². The molecule has 0 unspecified atom stereocenters. The van der Waals surface area contributed by atoms with Crippen molar-refractivity contribution in [1.82, 2.24) is 30.2 Å². The fourth-order valence-corrected chi connectivity index (χ4v) is 5.23. The van der Waals surface area contributed by atoms with E-state index in [1.165, 1.54) is 0 Å². The van der Waals surface area contributed by atoms with E-state index in [4.69, 9.17) is 14.9 Å². The number of unbranched alkanes of at least 4 members (excludes halogenated alkanes) is 6. The van der Waals surface area contributed by atoms with Crippen molar-refractivity contribution in [3.05, 3.63) is 79.3 Å². The number of hydrogen-bond donors (Lipinski definition) is 5. The van der Waals surface area contributed by atoms with Gasteiger partial charge in [0.25, 0.3) is 0 Å². The van der Waals surface area contributed by atoms with E-state index in [0.717, 1.165) is 91.8 Å². The summed E-state index contributed by atoms with van der Waals surface area (Å²) in [5.41, 5.74) is 5.56. The molecule has 246 valence electrons. The summed E-state index contributed by atoms with van der Waals surface area (Å²) in [6.45, 7) is 1.56. The summed E-state index contributed by atoms with van der Waals surface area (Å²) in [7, 11) is 0. The number of carbonyl (C=O) groups is 2. The molecule has 12 heteroatoms. The number of aromatic amines is 1. The van der Waals surface area contributed by atoms with Crippen molar-refractivity contribution < 1.29 is 19.5 Å². The first-order valence-corrected chi connectivity index (χ1v) is 16.2. The molecule has 0 spiro atoms. The Bertz CT molecular complexity index is 1700. The van der Waals surface area contributed by atoms with Crippen LogP contribution in [0, 0.1) is 0 Å². The highest BCUT2D eigenvalue weighted by Gasteiger charge is 2.13. The summed E-state index contributed by atoms with van der Waals surface area (Å²) in [5, 5.41) is 20.2. The van der Waals surface area contributed by atoms with E-state index in [9.17, 15) is 9.59 Å². The number of nitrogens with zero attached hydrogens (tertiary/aromatic N) is 4. The van der Waals surface area contributed by atoms with Crippen LogP contribution in [0.1, 0.15) is 64.2 Å². The number of aryl methyl sites for hydroxylation is 1. The zero-order valence-electron chi connectivity index (χ0n) is 26.5. The Balaban J connectivity index is 1.08. The van der Waals surface area contributed by atoms with Gasteiger partial charge in [-0.1, -0.05) is 37.5 Å². The average molecular weight is 639 g/mol. The summed E-state index contributed by atoms with van der Waals surface area (Å²) < 4.78 is 7.75. The van der Waals surface area contributed by atoms with Crippen LogP contribution in [-0.4, -0.2) is 48.4 Å². The van der Waals surface area contributed by atoms with Gasteiger partial charge in [0.1, 0.15) is 11.4 Å². The van der Waals surface area contributed by atoms with E-state index >= 15 is 0 Å². The highest BCUT2D eigenvalue weighted by Crippen LogP contribution is 2.28. The normalized spacial score (nSPS) is 11.0. The quantitative estimate of drug-likeness (QED) is 0.0368. The van der Waals surface area contributed by atoms with Crippen LogP contribution in [-0.2, 0) is 16.1 Å². The second kappa shape index (κ2) is 17.5. The molecule has 0 aliphatic carbocycles. The van der Waals surface area contributed by atoms with Crippen molar-refractivity contribution in [1.29, 1.82) is 0 Å². The van der Waals surface area contributed by atoms with Gasteiger partial charge in [-0.2, -0.15) is 10.1 Å². The van der Waals surface area contributed by atoms with Gasteiger partial charge in [-0.15, -0.1) is 0 Å². The molecule has 3 heterocycles. The number of amides is 2. The highest BCUT2D eigenvalue weighted by molar-refractivity contribution is 5.92. The lowest BCUT2D eigenvalue weighted by molar-refractivity contribution is -0.129. The van der Waals surface area contributed by atoms with Crippen molar-refractivity contribution >= 4 is 40.2 Å². The van der Waals surface area contributed by atoms with Crippen LogP contribution in [0.2, 0.25) is 0 Å². The molecule has 0 fully saturated rings. The number of nitrogens with one attached hydrogen (secondary N) is 4. The monoisotopic (exact) mass is 638 g/mol. The molecule has 0 saturated heterocycles. The number of hydrogen-bond acceptors (Lipinski definition) is 8. The van der Waals surface area contributed by atoms with E-state index < -0.39 is 0 Å². The van der Waals surface area contributed by atoms with Gasteiger partial charge in [-0.05, 0) is 74.6 Å². The number of anilines is 3. The lowest BCUT2D eigenvalue weighted by atomic mass is 10.1. The Kier molecular flexibility index (Phi) is 12.3. The molecule has 2 amide bonds. The number of ether oxygens (including phenoxy) is 1. The molecule has 0 aliphatic rings. The first-order valence-electron chi connectivity index (χ1n) is 16.2. The predicted molar refractivity (Wildman–Crippen MR) is 182 cm³/mol. The van der Waals surface area contributed by atoms with Crippen LogP contribution in [0.15, 0.2) is 79.3 Å². The average Bonchev–Trinajstić information content (AvgIpc) is 3.77. The van der Waals surface area contributed by atoms with Crippen LogP contribution in [0.25, 0.3) is 22.3 Å². The third-order valence-corrected chi connectivity index (χ3v) is 7.72. The Morgan fingerprint density at radius 3 is 2.32 bits per heavy atom. The SMILES string of the molecule is O=C(CCCCCCC(=O)Nc1ccc(Nc2nc(-c3cnn(CCCCCCOc4ccccc4)c3)c3cc[nH]c3n2)cc1)NO. The molecule has 5 N–H and O–H groups in total. The molecular weight excluding hydrogens is 596 g/mol. The zero-order valence-corrected chi connectivity index (χ0v) is 26.5.